The van der Waals surface area contributed by atoms with E-state index in [-0.39, 0.29) is 0 Å². The number of nitrogens with one attached hydrogen (secondary N) is 1. The topological polar surface area (TPSA) is 37.8 Å². The maximum absolute atomic E-state index is 6.10. The predicted octanol–water partition coefficient (Wildman–Crippen LogP) is 2.84. The zero-order chi connectivity index (χ0) is 12.1. The number of anilines is 1. The molecule has 0 saturated carbocycles. The molecule has 0 unspecified atom stereocenters. The minimum absolute atomic E-state index is 0.395. The van der Waals surface area contributed by atoms with Gasteiger partial charge in [-0.1, -0.05) is 35.7 Å². The normalized spacial score (nSPS) is 9.65. The van der Waals surface area contributed by atoms with Crippen LogP contribution < -0.4 is 5.32 Å². The Morgan fingerprint density at radius 1 is 1.29 bits per heavy atom. The molecule has 1 aromatic heterocycles. The van der Waals surface area contributed by atoms with E-state index in [1.165, 1.54) is 0 Å². The summed E-state index contributed by atoms with van der Waals surface area (Å²) >= 11 is 6.10. The van der Waals surface area contributed by atoms with Gasteiger partial charge in [0.05, 0.1) is 12.2 Å². The van der Waals surface area contributed by atoms with Crippen LogP contribution in [-0.4, -0.2) is 16.5 Å². The highest BCUT2D eigenvalue weighted by atomic mass is 35.5. The van der Waals surface area contributed by atoms with Gasteiger partial charge < -0.3 is 5.32 Å². The number of benzene rings is 1. The van der Waals surface area contributed by atoms with Crippen molar-refractivity contribution in [3.63, 3.8) is 0 Å². The first-order chi connectivity index (χ1) is 8.31. The van der Waals surface area contributed by atoms with Crippen molar-refractivity contribution in [1.82, 2.24) is 9.97 Å². The molecule has 2 aromatic rings. The summed E-state index contributed by atoms with van der Waals surface area (Å²) in [4.78, 5) is 8.41. The summed E-state index contributed by atoms with van der Waals surface area (Å²) in [5.41, 5.74) is 1.64. The minimum atomic E-state index is 0.395. The van der Waals surface area contributed by atoms with Crippen molar-refractivity contribution in [2.75, 3.05) is 11.9 Å². The monoisotopic (exact) mass is 243 g/mol. The largest absolute Gasteiger partial charge is 0.343 e. The first kappa shape index (κ1) is 11.4. The smallest absolute Gasteiger partial charge is 0.223 e. The first-order valence-corrected chi connectivity index (χ1v) is 5.44. The Kier molecular flexibility index (Phi) is 3.59. The third-order valence-electron chi connectivity index (χ3n) is 2.15. The molecular weight excluding hydrogens is 234 g/mol. The van der Waals surface area contributed by atoms with Crippen LogP contribution in [-0.2, 0) is 0 Å². The highest BCUT2D eigenvalue weighted by molar-refractivity contribution is 6.33. The Morgan fingerprint density at radius 3 is 2.88 bits per heavy atom. The fraction of sp³-hybridized carbons (Fsp3) is 0.0769. The molecule has 0 aliphatic heterocycles. The van der Waals surface area contributed by atoms with Crippen LogP contribution >= 0.6 is 11.6 Å². The lowest BCUT2D eigenvalue weighted by Gasteiger charge is -2.05. The molecule has 4 heteroatoms. The summed E-state index contributed by atoms with van der Waals surface area (Å²) < 4.78 is 0. The van der Waals surface area contributed by atoms with Gasteiger partial charge in [-0.3, -0.25) is 0 Å². The van der Waals surface area contributed by atoms with Gasteiger partial charge >= 0.3 is 0 Å². The van der Waals surface area contributed by atoms with Crippen molar-refractivity contribution < 1.29 is 0 Å². The summed E-state index contributed by atoms with van der Waals surface area (Å²) in [7, 11) is 0. The molecule has 0 saturated heterocycles. The van der Waals surface area contributed by atoms with Gasteiger partial charge in [0.25, 0.3) is 0 Å². The quantitative estimate of drug-likeness (QED) is 0.843. The van der Waals surface area contributed by atoms with Crippen molar-refractivity contribution in [3.8, 4) is 23.6 Å². The van der Waals surface area contributed by atoms with E-state index in [1.54, 1.807) is 6.20 Å². The molecular formula is C13H10ClN3. The molecule has 0 spiro atoms. The Hall–Kier alpha value is -2.05. The zero-order valence-electron chi connectivity index (χ0n) is 9.02. The van der Waals surface area contributed by atoms with Crippen LogP contribution in [0.15, 0.2) is 36.5 Å². The van der Waals surface area contributed by atoms with E-state index in [4.69, 9.17) is 18.0 Å². The molecule has 0 radical (unpaired) electrons. The molecule has 0 aliphatic carbocycles. The molecule has 0 bridgehead atoms. The van der Waals surface area contributed by atoms with Gasteiger partial charge in [-0.05, 0) is 12.1 Å². The number of nitrogens with zero attached hydrogens (tertiary/aromatic N) is 2. The second kappa shape index (κ2) is 5.33. The van der Waals surface area contributed by atoms with Crippen molar-refractivity contribution in [2.24, 2.45) is 0 Å². The number of terminal acetylenes is 1. The molecule has 17 heavy (non-hydrogen) atoms. The van der Waals surface area contributed by atoms with Crippen molar-refractivity contribution >= 4 is 17.5 Å². The van der Waals surface area contributed by atoms with Gasteiger partial charge in [-0.25, -0.2) is 9.97 Å². The third-order valence-corrected chi connectivity index (χ3v) is 2.48. The van der Waals surface area contributed by atoms with Gasteiger partial charge in [-0.15, -0.1) is 6.42 Å². The molecule has 84 valence electrons. The number of rotatable bonds is 3. The molecule has 0 amide bonds. The Morgan fingerprint density at radius 2 is 2.12 bits per heavy atom. The van der Waals surface area contributed by atoms with Crippen molar-refractivity contribution in [2.45, 2.75) is 0 Å². The maximum atomic E-state index is 6.10. The van der Waals surface area contributed by atoms with Crippen LogP contribution in [0.3, 0.4) is 0 Å². The molecule has 0 fully saturated rings. The Bertz CT molecular complexity index is 561. The molecule has 1 heterocycles. The van der Waals surface area contributed by atoms with E-state index >= 15 is 0 Å². The van der Waals surface area contributed by atoms with Crippen LogP contribution in [0, 0.1) is 12.3 Å². The summed E-state index contributed by atoms with van der Waals surface area (Å²) in [5.74, 6) is 2.97. The molecule has 0 atom stereocenters. The molecule has 1 N–H and O–H groups in total. The van der Waals surface area contributed by atoms with Gasteiger partial charge in [0.15, 0.2) is 0 Å². The number of hydrogen-bond donors (Lipinski definition) is 1. The average molecular weight is 244 g/mol. The lowest BCUT2D eigenvalue weighted by atomic mass is 10.1. The zero-order valence-corrected chi connectivity index (χ0v) is 9.78. The third kappa shape index (κ3) is 2.74. The number of aromatic nitrogens is 2. The molecule has 3 nitrogen and oxygen atoms in total. The molecule has 1 aromatic carbocycles. The second-order valence-corrected chi connectivity index (χ2v) is 3.71. The predicted molar refractivity (Wildman–Crippen MR) is 69.8 cm³/mol. The van der Waals surface area contributed by atoms with E-state index in [1.807, 2.05) is 30.3 Å². The van der Waals surface area contributed by atoms with E-state index in [0.717, 1.165) is 11.3 Å². The van der Waals surface area contributed by atoms with E-state index < -0.39 is 0 Å². The fourth-order valence-corrected chi connectivity index (χ4v) is 1.63. The second-order valence-electron chi connectivity index (χ2n) is 3.30. The summed E-state index contributed by atoms with van der Waals surface area (Å²) in [6.07, 6.45) is 6.83. The fourth-order valence-electron chi connectivity index (χ4n) is 1.39. The maximum Gasteiger partial charge on any atom is 0.223 e. The van der Waals surface area contributed by atoms with Crippen LogP contribution in [0.5, 0.6) is 0 Å². The van der Waals surface area contributed by atoms with Gasteiger partial charge in [0.2, 0.25) is 5.95 Å². The van der Waals surface area contributed by atoms with Gasteiger partial charge in [-0.2, -0.15) is 0 Å². The Labute approximate surface area is 105 Å². The number of hydrogen-bond acceptors (Lipinski definition) is 3. The van der Waals surface area contributed by atoms with Gasteiger partial charge in [0.1, 0.15) is 0 Å². The summed E-state index contributed by atoms with van der Waals surface area (Å²) in [6.45, 7) is 0.395. The highest BCUT2D eigenvalue weighted by Crippen LogP contribution is 2.25. The SMILES string of the molecule is C#CCNc1nccc(-c2ccccc2Cl)n1. The van der Waals surface area contributed by atoms with Crippen LogP contribution in [0.1, 0.15) is 0 Å². The van der Waals surface area contributed by atoms with Crippen LogP contribution in [0.25, 0.3) is 11.3 Å². The molecule has 0 aliphatic rings. The average Bonchev–Trinajstić information content (AvgIpc) is 2.37. The lowest BCUT2D eigenvalue weighted by Crippen LogP contribution is -2.03. The minimum Gasteiger partial charge on any atom is -0.343 e. The van der Waals surface area contributed by atoms with Crippen LogP contribution in [0.4, 0.5) is 5.95 Å². The molecule has 2 rings (SSSR count). The number of halogens is 1. The highest BCUT2D eigenvalue weighted by Gasteiger charge is 2.04. The first-order valence-electron chi connectivity index (χ1n) is 5.06. The van der Waals surface area contributed by atoms with E-state index in [9.17, 15) is 0 Å². The Balaban J connectivity index is 2.34. The van der Waals surface area contributed by atoms with Crippen molar-refractivity contribution in [3.05, 3.63) is 41.6 Å². The lowest BCUT2D eigenvalue weighted by molar-refractivity contribution is 1.13. The standard InChI is InChI=1S/C13H10ClN3/c1-2-8-15-13-16-9-7-12(17-13)10-5-3-4-6-11(10)14/h1,3-7,9H,8H2,(H,15,16,17). The van der Waals surface area contributed by atoms with Gasteiger partial charge in [0, 0.05) is 16.8 Å². The summed E-state index contributed by atoms with van der Waals surface area (Å²) in [5, 5.41) is 3.58. The van der Waals surface area contributed by atoms with Crippen LogP contribution in [0.2, 0.25) is 5.02 Å². The van der Waals surface area contributed by atoms with Crippen molar-refractivity contribution in [1.29, 1.82) is 0 Å². The summed E-state index contributed by atoms with van der Waals surface area (Å²) in [6, 6.07) is 9.34. The van der Waals surface area contributed by atoms with E-state index in [2.05, 4.69) is 21.2 Å². The van der Waals surface area contributed by atoms with E-state index in [0.29, 0.717) is 17.5 Å².